The van der Waals surface area contributed by atoms with Crippen molar-refractivity contribution >= 4 is 20.0 Å². The van der Waals surface area contributed by atoms with E-state index in [4.69, 9.17) is 9.92 Å². The first-order valence-corrected chi connectivity index (χ1v) is 5.51. The van der Waals surface area contributed by atoms with Crippen molar-refractivity contribution in [1.29, 1.82) is 5.26 Å². The van der Waals surface area contributed by atoms with Gasteiger partial charge in [-0.2, -0.15) is 5.26 Å². The highest BCUT2D eigenvalue weighted by atomic mass is 16.4. The Balaban J connectivity index is 2.22. The average Bonchev–Trinajstić information content (AvgIpc) is 2.46. The Bertz CT molecular complexity index is 600. The zero-order valence-electron chi connectivity index (χ0n) is 10.00. The number of hydrogen-bond acceptors (Lipinski definition) is 3. The van der Waals surface area contributed by atoms with Crippen LogP contribution in [0.3, 0.4) is 0 Å². The summed E-state index contributed by atoms with van der Waals surface area (Å²) < 4.78 is 5.24. The Kier molecular flexibility index (Phi) is 3.77. The van der Waals surface area contributed by atoms with Gasteiger partial charge in [-0.25, -0.2) is 0 Å². The molecule has 3 nitrogen and oxygen atoms in total. The van der Waals surface area contributed by atoms with Gasteiger partial charge in [0.25, 0.3) is 0 Å². The van der Waals surface area contributed by atoms with E-state index in [1.165, 1.54) is 0 Å². The molecule has 0 heterocycles. The highest BCUT2D eigenvalue weighted by molar-refractivity contribution is 6.01. The summed E-state index contributed by atoms with van der Waals surface area (Å²) in [6, 6.07) is 16.9. The van der Waals surface area contributed by atoms with Crippen LogP contribution >= 0.6 is 0 Å². The molecule has 0 bridgehead atoms. The number of rotatable bonds is 3. The molecule has 0 N–H and O–H groups in total. The first-order valence-electron chi connectivity index (χ1n) is 5.51. The molecule has 0 atom stereocenters. The largest absolute Gasteiger partial charge is 0.567 e. The van der Waals surface area contributed by atoms with Crippen LogP contribution in [0.15, 0.2) is 53.5 Å². The second-order valence-corrected chi connectivity index (χ2v) is 3.66. The monoisotopic (exact) mass is 234 g/mol. The summed E-state index contributed by atoms with van der Waals surface area (Å²) in [6.45, 7) is 0. The van der Waals surface area contributed by atoms with Crippen LogP contribution in [0.25, 0.3) is 0 Å². The molecule has 2 rings (SSSR count). The molecular weight excluding hydrogens is 223 g/mol. The molecule has 0 aromatic heterocycles. The van der Waals surface area contributed by atoms with Gasteiger partial charge in [0, 0.05) is 11.8 Å². The zero-order valence-corrected chi connectivity index (χ0v) is 10.00. The van der Waals surface area contributed by atoms with Crippen LogP contribution < -0.4 is 4.65 Å². The van der Waals surface area contributed by atoms with E-state index in [0.29, 0.717) is 5.56 Å². The van der Waals surface area contributed by atoms with Crippen LogP contribution in [0.1, 0.15) is 11.1 Å². The van der Waals surface area contributed by atoms with Crippen LogP contribution in [0.4, 0.5) is 5.69 Å². The summed E-state index contributed by atoms with van der Waals surface area (Å²) in [5, 5.41) is 8.70. The Morgan fingerprint density at radius 3 is 2.50 bits per heavy atom. The Morgan fingerprint density at radius 1 is 1.11 bits per heavy atom. The lowest BCUT2D eigenvalue weighted by atomic mass is 10.2. The topological polar surface area (TPSA) is 45.4 Å². The van der Waals surface area contributed by atoms with E-state index in [1.807, 2.05) is 36.4 Å². The summed E-state index contributed by atoms with van der Waals surface area (Å²) >= 11 is 0. The molecule has 86 valence electrons. The predicted octanol–water partition coefficient (Wildman–Crippen LogP) is 2.24. The Hall–Kier alpha value is -2.54. The maximum Gasteiger partial charge on any atom is 0.322 e. The van der Waals surface area contributed by atoms with E-state index in [-0.39, 0.29) is 0 Å². The van der Waals surface area contributed by atoms with Gasteiger partial charge in [-0.3, -0.25) is 4.99 Å². The number of aliphatic imine (C=N–C) groups is 1. The fourth-order valence-corrected chi connectivity index (χ4v) is 1.54. The molecule has 2 aromatic rings. The van der Waals surface area contributed by atoms with Crippen molar-refractivity contribution < 1.29 is 4.65 Å². The van der Waals surface area contributed by atoms with Crippen LogP contribution in [-0.4, -0.2) is 14.3 Å². The van der Waals surface area contributed by atoms with Crippen LogP contribution in [0.2, 0.25) is 0 Å². The molecule has 0 aliphatic rings. The number of nitrogens with zero attached hydrogens (tertiary/aromatic N) is 2. The number of nitriles is 1. The van der Waals surface area contributed by atoms with Crippen molar-refractivity contribution in [3.8, 4) is 11.8 Å². The third-order valence-corrected chi connectivity index (χ3v) is 2.49. The molecule has 0 aliphatic heterocycles. The van der Waals surface area contributed by atoms with E-state index >= 15 is 0 Å². The highest BCUT2D eigenvalue weighted by Crippen LogP contribution is 2.17. The van der Waals surface area contributed by atoms with Crippen LogP contribution in [-0.2, 0) is 0 Å². The summed E-state index contributed by atoms with van der Waals surface area (Å²) in [5.74, 6) is 0.787. The maximum absolute atomic E-state index is 8.70. The van der Waals surface area contributed by atoms with Gasteiger partial charge >= 0.3 is 8.05 Å². The summed E-state index contributed by atoms with van der Waals surface area (Å²) in [7, 11) is 1.63. The predicted molar refractivity (Wildman–Crippen MR) is 74.0 cm³/mol. The maximum atomic E-state index is 8.70. The van der Waals surface area contributed by atoms with E-state index < -0.39 is 0 Å². The molecule has 0 fully saturated rings. The molecule has 0 unspecified atom stereocenters. The SMILES string of the molecule is BOc1ccccc1/C=N/c1ccc(C#N)cc1. The smallest absolute Gasteiger partial charge is 0.322 e. The van der Waals surface area contributed by atoms with Gasteiger partial charge in [-0.15, -0.1) is 0 Å². The molecule has 0 aliphatic carbocycles. The molecule has 18 heavy (non-hydrogen) atoms. The van der Waals surface area contributed by atoms with Crippen LogP contribution in [0.5, 0.6) is 5.75 Å². The van der Waals surface area contributed by atoms with Crippen molar-refractivity contribution in [2.45, 2.75) is 0 Å². The lowest BCUT2D eigenvalue weighted by Gasteiger charge is -2.03. The number of para-hydroxylation sites is 1. The lowest BCUT2D eigenvalue weighted by molar-refractivity contribution is 0.615. The first-order chi connectivity index (χ1) is 8.83. The highest BCUT2D eigenvalue weighted by Gasteiger charge is 1.97. The van der Waals surface area contributed by atoms with Crippen molar-refractivity contribution in [2.75, 3.05) is 0 Å². The Labute approximate surface area is 107 Å². The van der Waals surface area contributed by atoms with E-state index in [0.717, 1.165) is 17.0 Å². The number of hydrogen-bond donors (Lipinski definition) is 0. The van der Waals surface area contributed by atoms with Crippen molar-refractivity contribution in [2.24, 2.45) is 4.99 Å². The van der Waals surface area contributed by atoms with Crippen molar-refractivity contribution in [3.05, 3.63) is 59.7 Å². The van der Waals surface area contributed by atoms with Gasteiger partial charge < -0.3 is 4.65 Å². The minimum Gasteiger partial charge on any atom is -0.567 e. The lowest BCUT2D eigenvalue weighted by Crippen LogP contribution is -1.91. The normalized spacial score (nSPS) is 10.2. The van der Waals surface area contributed by atoms with E-state index in [9.17, 15) is 0 Å². The minimum atomic E-state index is 0.631. The van der Waals surface area contributed by atoms with Crippen molar-refractivity contribution in [3.63, 3.8) is 0 Å². The van der Waals surface area contributed by atoms with Crippen LogP contribution in [0, 0.1) is 11.3 Å². The van der Waals surface area contributed by atoms with E-state index in [2.05, 4.69) is 11.1 Å². The second kappa shape index (κ2) is 5.69. The molecule has 0 amide bonds. The Morgan fingerprint density at radius 2 is 1.83 bits per heavy atom. The van der Waals surface area contributed by atoms with Gasteiger partial charge in [0.1, 0.15) is 5.75 Å². The second-order valence-electron chi connectivity index (χ2n) is 3.66. The molecular formula is C14H11BN2O. The van der Waals surface area contributed by atoms with Gasteiger partial charge in [-0.1, -0.05) is 12.1 Å². The molecule has 0 radical (unpaired) electrons. The average molecular weight is 234 g/mol. The third-order valence-electron chi connectivity index (χ3n) is 2.49. The molecule has 0 saturated heterocycles. The molecule has 2 aromatic carbocycles. The molecule has 4 heteroatoms. The first kappa shape index (κ1) is 11.9. The quantitative estimate of drug-likeness (QED) is 0.603. The van der Waals surface area contributed by atoms with Gasteiger partial charge in [0.2, 0.25) is 0 Å². The van der Waals surface area contributed by atoms with Gasteiger partial charge in [0.15, 0.2) is 0 Å². The zero-order chi connectivity index (χ0) is 12.8. The molecule has 0 spiro atoms. The minimum absolute atomic E-state index is 0.631. The van der Waals surface area contributed by atoms with Gasteiger partial charge in [0.05, 0.1) is 17.3 Å². The standard InChI is InChI=1S/C14H11BN2O/c15-18-14-4-2-1-3-12(14)10-17-13-7-5-11(9-16)6-8-13/h1-8,10H,15H2/b17-10+. The fourth-order valence-electron chi connectivity index (χ4n) is 1.54. The summed E-state index contributed by atoms with van der Waals surface area (Å²) in [5.41, 5.74) is 2.36. The van der Waals surface area contributed by atoms with Gasteiger partial charge in [-0.05, 0) is 36.4 Å². The summed E-state index contributed by atoms with van der Waals surface area (Å²) in [4.78, 5) is 4.35. The molecule has 0 saturated carbocycles. The fraction of sp³-hybridized carbons (Fsp3) is 0. The third kappa shape index (κ3) is 2.77. The summed E-state index contributed by atoms with van der Waals surface area (Å²) in [6.07, 6.45) is 1.75. The van der Waals surface area contributed by atoms with E-state index in [1.54, 1.807) is 26.4 Å². The van der Waals surface area contributed by atoms with Crippen molar-refractivity contribution in [1.82, 2.24) is 0 Å². The number of benzene rings is 2.